The highest BCUT2D eigenvalue weighted by Crippen LogP contribution is 2.09. The Kier molecular flexibility index (Phi) is 4.11. The number of amides is 2. The number of carbonyl (C=O) groups excluding carboxylic acids is 2. The number of rotatable bonds is 2. The van der Waals surface area contributed by atoms with E-state index in [0.717, 1.165) is 0 Å². The number of halogens is 1. The van der Waals surface area contributed by atoms with Gasteiger partial charge in [-0.3, -0.25) is 9.59 Å². The first kappa shape index (κ1) is 13.5. The molecule has 6 heteroatoms. The van der Waals surface area contributed by atoms with Gasteiger partial charge in [-0.25, -0.2) is 4.39 Å². The molecule has 1 heterocycles. The summed E-state index contributed by atoms with van der Waals surface area (Å²) in [5.41, 5.74) is 0.712. The van der Waals surface area contributed by atoms with Crippen LogP contribution in [0.1, 0.15) is 12.0 Å². The third-order valence-corrected chi connectivity index (χ3v) is 3.01. The average Bonchev–Trinajstić information content (AvgIpc) is 2.83. The number of nitrogens with zero attached hydrogens (tertiary/aromatic N) is 1. The zero-order chi connectivity index (χ0) is 13.8. The molecule has 1 aliphatic rings. The Hall–Kier alpha value is -1.95. The van der Waals surface area contributed by atoms with E-state index in [-0.39, 0.29) is 18.9 Å². The molecular formula is C13H15FN2O3. The number of aliphatic hydroxyl groups excluding tert-OH is 1. The van der Waals surface area contributed by atoms with Crippen molar-refractivity contribution in [3.8, 4) is 0 Å². The van der Waals surface area contributed by atoms with Crippen LogP contribution < -0.4 is 5.32 Å². The van der Waals surface area contributed by atoms with Gasteiger partial charge in [-0.1, -0.05) is 12.1 Å². The molecule has 1 aromatic rings. The first-order valence-corrected chi connectivity index (χ1v) is 6.06. The summed E-state index contributed by atoms with van der Waals surface area (Å²) in [4.78, 5) is 24.7. The van der Waals surface area contributed by atoms with Crippen molar-refractivity contribution in [3.05, 3.63) is 35.6 Å². The summed E-state index contributed by atoms with van der Waals surface area (Å²) >= 11 is 0. The van der Waals surface area contributed by atoms with Crippen LogP contribution in [0.3, 0.4) is 0 Å². The molecular weight excluding hydrogens is 251 g/mol. The summed E-state index contributed by atoms with van der Waals surface area (Å²) in [6.45, 7) is 0.758. The molecule has 0 bridgehead atoms. The maximum absolute atomic E-state index is 12.7. The van der Waals surface area contributed by atoms with Gasteiger partial charge in [-0.15, -0.1) is 0 Å². The lowest BCUT2D eigenvalue weighted by Crippen LogP contribution is -2.41. The van der Waals surface area contributed by atoms with Gasteiger partial charge in [-0.2, -0.15) is 0 Å². The van der Waals surface area contributed by atoms with E-state index < -0.39 is 17.9 Å². The molecule has 1 atom stereocenters. The van der Waals surface area contributed by atoms with Crippen molar-refractivity contribution >= 4 is 11.8 Å². The largest absolute Gasteiger partial charge is 0.391 e. The first-order valence-electron chi connectivity index (χ1n) is 6.06. The van der Waals surface area contributed by atoms with E-state index in [2.05, 4.69) is 5.32 Å². The number of hydrogen-bond acceptors (Lipinski definition) is 3. The van der Waals surface area contributed by atoms with Crippen molar-refractivity contribution in [3.63, 3.8) is 0 Å². The van der Waals surface area contributed by atoms with Gasteiger partial charge in [0.05, 0.1) is 6.10 Å². The lowest BCUT2D eigenvalue weighted by atomic mass is 10.2. The molecule has 1 fully saturated rings. The zero-order valence-electron chi connectivity index (χ0n) is 10.3. The number of carbonyl (C=O) groups is 2. The van der Waals surface area contributed by atoms with Gasteiger partial charge in [-0.05, 0) is 24.1 Å². The third-order valence-electron chi connectivity index (χ3n) is 3.01. The minimum absolute atomic E-state index is 0.168. The van der Waals surface area contributed by atoms with Crippen molar-refractivity contribution in [1.29, 1.82) is 0 Å². The molecule has 0 saturated carbocycles. The van der Waals surface area contributed by atoms with Crippen LogP contribution in [0, 0.1) is 5.82 Å². The van der Waals surface area contributed by atoms with Gasteiger partial charge in [0, 0.05) is 19.6 Å². The summed E-state index contributed by atoms with van der Waals surface area (Å²) in [5, 5.41) is 11.8. The van der Waals surface area contributed by atoms with Crippen LogP contribution in [-0.4, -0.2) is 41.0 Å². The molecule has 0 radical (unpaired) electrons. The van der Waals surface area contributed by atoms with Crippen LogP contribution in [0.5, 0.6) is 0 Å². The summed E-state index contributed by atoms with van der Waals surface area (Å²) < 4.78 is 12.7. The molecule has 0 unspecified atom stereocenters. The Morgan fingerprint density at radius 1 is 1.37 bits per heavy atom. The standard InChI is InChI=1S/C13H15FN2O3/c14-10-3-1-9(2-4-10)7-15-12(18)13(19)16-6-5-11(17)8-16/h1-4,11,17H,5-8H2,(H,15,18)/t11-/m1/s1. The number of likely N-dealkylation sites (tertiary alicyclic amines) is 1. The van der Waals surface area contributed by atoms with Crippen LogP contribution in [0.25, 0.3) is 0 Å². The molecule has 1 saturated heterocycles. The Bertz CT molecular complexity index is 475. The molecule has 2 N–H and O–H groups in total. The van der Waals surface area contributed by atoms with Crippen molar-refractivity contribution < 1.29 is 19.1 Å². The number of benzene rings is 1. The van der Waals surface area contributed by atoms with Crippen LogP contribution in [-0.2, 0) is 16.1 Å². The second-order valence-corrected chi connectivity index (χ2v) is 4.50. The Morgan fingerprint density at radius 2 is 2.05 bits per heavy atom. The van der Waals surface area contributed by atoms with E-state index in [1.807, 2.05) is 0 Å². The van der Waals surface area contributed by atoms with Crippen LogP contribution in [0.15, 0.2) is 24.3 Å². The molecule has 2 rings (SSSR count). The second-order valence-electron chi connectivity index (χ2n) is 4.50. The minimum atomic E-state index is -0.710. The molecule has 0 aliphatic carbocycles. The molecule has 0 spiro atoms. The maximum atomic E-state index is 12.7. The SMILES string of the molecule is O=C(NCc1ccc(F)cc1)C(=O)N1CC[C@@H](O)C1. The maximum Gasteiger partial charge on any atom is 0.311 e. The van der Waals surface area contributed by atoms with Crippen molar-refractivity contribution in [1.82, 2.24) is 10.2 Å². The highest BCUT2D eigenvalue weighted by atomic mass is 19.1. The Labute approximate surface area is 110 Å². The summed E-state index contributed by atoms with van der Waals surface area (Å²) in [6.07, 6.45) is -0.0504. The molecule has 19 heavy (non-hydrogen) atoms. The van der Waals surface area contributed by atoms with Crippen LogP contribution in [0.4, 0.5) is 4.39 Å². The fourth-order valence-electron chi connectivity index (χ4n) is 1.93. The Balaban J connectivity index is 1.84. The highest BCUT2D eigenvalue weighted by molar-refractivity contribution is 6.35. The zero-order valence-corrected chi connectivity index (χ0v) is 10.3. The normalized spacial score (nSPS) is 18.4. The van der Waals surface area contributed by atoms with E-state index in [4.69, 9.17) is 0 Å². The van der Waals surface area contributed by atoms with Gasteiger partial charge >= 0.3 is 11.8 Å². The minimum Gasteiger partial charge on any atom is -0.391 e. The number of aliphatic hydroxyl groups is 1. The average molecular weight is 266 g/mol. The molecule has 5 nitrogen and oxygen atoms in total. The fraction of sp³-hybridized carbons (Fsp3) is 0.385. The number of hydrogen-bond donors (Lipinski definition) is 2. The van der Waals surface area contributed by atoms with Gasteiger partial charge in [0.15, 0.2) is 0 Å². The van der Waals surface area contributed by atoms with Crippen molar-refractivity contribution in [2.45, 2.75) is 19.1 Å². The quantitative estimate of drug-likeness (QED) is 0.742. The van der Waals surface area contributed by atoms with E-state index in [1.165, 1.54) is 17.0 Å². The van der Waals surface area contributed by atoms with Gasteiger partial charge in [0.1, 0.15) is 5.82 Å². The lowest BCUT2D eigenvalue weighted by Gasteiger charge is -2.14. The van der Waals surface area contributed by atoms with Gasteiger partial charge in [0.2, 0.25) is 0 Å². The van der Waals surface area contributed by atoms with Gasteiger partial charge < -0.3 is 15.3 Å². The van der Waals surface area contributed by atoms with E-state index in [0.29, 0.717) is 18.5 Å². The molecule has 2 amide bonds. The fourth-order valence-corrected chi connectivity index (χ4v) is 1.93. The van der Waals surface area contributed by atoms with Crippen LogP contribution in [0.2, 0.25) is 0 Å². The number of β-amino-alcohol motifs (C(OH)–C–C–N with tert-alkyl or cyclic N) is 1. The molecule has 0 aromatic heterocycles. The monoisotopic (exact) mass is 266 g/mol. The van der Waals surface area contributed by atoms with Gasteiger partial charge in [0.25, 0.3) is 0 Å². The molecule has 102 valence electrons. The smallest absolute Gasteiger partial charge is 0.311 e. The Morgan fingerprint density at radius 3 is 2.63 bits per heavy atom. The predicted molar refractivity (Wildman–Crippen MR) is 65.5 cm³/mol. The van der Waals surface area contributed by atoms with E-state index in [9.17, 15) is 19.1 Å². The highest BCUT2D eigenvalue weighted by Gasteiger charge is 2.28. The third kappa shape index (κ3) is 3.51. The van der Waals surface area contributed by atoms with E-state index in [1.54, 1.807) is 12.1 Å². The van der Waals surface area contributed by atoms with Crippen molar-refractivity contribution in [2.75, 3.05) is 13.1 Å². The summed E-state index contributed by atoms with van der Waals surface area (Å²) in [6, 6.07) is 5.67. The number of nitrogens with one attached hydrogen (secondary N) is 1. The predicted octanol–water partition coefficient (Wildman–Crippen LogP) is 0.0351. The van der Waals surface area contributed by atoms with Crippen molar-refractivity contribution in [2.24, 2.45) is 0 Å². The second kappa shape index (κ2) is 5.79. The van der Waals surface area contributed by atoms with E-state index >= 15 is 0 Å². The molecule has 1 aliphatic heterocycles. The summed E-state index contributed by atoms with van der Waals surface area (Å²) in [7, 11) is 0. The lowest BCUT2D eigenvalue weighted by molar-refractivity contribution is -0.145. The first-order chi connectivity index (χ1) is 9.06. The summed E-state index contributed by atoms with van der Waals surface area (Å²) in [5.74, 6) is -1.70. The molecule has 1 aromatic carbocycles. The topological polar surface area (TPSA) is 69.6 Å². The van der Waals surface area contributed by atoms with Crippen LogP contribution >= 0.6 is 0 Å².